The highest BCUT2D eigenvalue weighted by Crippen LogP contribution is 2.29. The van der Waals surface area contributed by atoms with Crippen molar-refractivity contribution >= 4 is 10.0 Å². The smallest absolute Gasteiger partial charge is 0.268 e. The number of benzene rings is 1. The molecule has 7 heteroatoms. The van der Waals surface area contributed by atoms with Crippen LogP contribution < -0.4 is 0 Å². The van der Waals surface area contributed by atoms with E-state index in [1.807, 2.05) is 38.1 Å². The number of hydroxylamine groups is 1. The summed E-state index contributed by atoms with van der Waals surface area (Å²) in [4.78, 5) is 5.31. The van der Waals surface area contributed by atoms with Crippen molar-refractivity contribution in [2.75, 3.05) is 7.11 Å². The fourth-order valence-electron chi connectivity index (χ4n) is 2.39. The van der Waals surface area contributed by atoms with Crippen LogP contribution in [0.5, 0.6) is 0 Å². The Kier molecular flexibility index (Phi) is 5.00. The van der Waals surface area contributed by atoms with Gasteiger partial charge in [0, 0.05) is 12.7 Å². The Hall–Kier alpha value is -1.70. The third-order valence-electron chi connectivity index (χ3n) is 3.60. The molecule has 2 rings (SSSR count). The monoisotopic (exact) mass is 323 g/mol. The summed E-state index contributed by atoms with van der Waals surface area (Å²) in [7, 11) is -2.42. The molecule has 1 heterocycles. The SMILES string of the molecule is CCn1cc(S(=O)(=O)N(OC)C(C)c2ccccc2C)cn1. The Labute approximate surface area is 131 Å². The third-order valence-corrected chi connectivity index (χ3v) is 5.35. The second-order valence-corrected chi connectivity index (χ2v) is 6.79. The van der Waals surface area contributed by atoms with E-state index in [0.717, 1.165) is 15.6 Å². The summed E-state index contributed by atoms with van der Waals surface area (Å²) in [6, 6.07) is 7.20. The van der Waals surface area contributed by atoms with E-state index < -0.39 is 16.1 Å². The lowest BCUT2D eigenvalue weighted by Gasteiger charge is -2.26. The highest BCUT2D eigenvalue weighted by atomic mass is 32.2. The van der Waals surface area contributed by atoms with Crippen molar-refractivity contribution < 1.29 is 13.3 Å². The van der Waals surface area contributed by atoms with Crippen LogP contribution in [0, 0.1) is 6.92 Å². The zero-order valence-corrected chi connectivity index (χ0v) is 14.0. The third kappa shape index (κ3) is 3.06. The lowest BCUT2D eigenvalue weighted by molar-refractivity contribution is -0.0774. The average molecular weight is 323 g/mol. The summed E-state index contributed by atoms with van der Waals surface area (Å²) in [5.41, 5.74) is 1.91. The van der Waals surface area contributed by atoms with E-state index in [1.165, 1.54) is 19.5 Å². The lowest BCUT2D eigenvalue weighted by atomic mass is 10.0. The van der Waals surface area contributed by atoms with Gasteiger partial charge in [0.1, 0.15) is 4.90 Å². The first-order valence-corrected chi connectivity index (χ1v) is 8.52. The molecular weight excluding hydrogens is 302 g/mol. The van der Waals surface area contributed by atoms with E-state index in [0.29, 0.717) is 6.54 Å². The van der Waals surface area contributed by atoms with Crippen LogP contribution in [0.2, 0.25) is 0 Å². The van der Waals surface area contributed by atoms with E-state index in [2.05, 4.69) is 5.10 Å². The molecule has 2 aromatic rings. The molecule has 0 spiro atoms. The number of aromatic nitrogens is 2. The van der Waals surface area contributed by atoms with Crippen LogP contribution in [0.4, 0.5) is 0 Å². The van der Waals surface area contributed by atoms with E-state index in [4.69, 9.17) is 4.84 Å². The molecule has 1 aromatic carbocycles. The van der Waals surface area contributed by atoms with Gasteiger partial charge >= 0.3 is 0 Å². The first kappa shape index (κ1) is 16.7. The first-order chi connectivity index (χ1) is 10.4. The van der Waals surface area contributed by atoms with E-state index in [-0.39, 0.29) is 4.90 Å². The fraction of sp³-hybridized carbons (Fsp3) is 0.400. The molecular formula is C15H21N3O3S. The highest BCUT2D eigenvalue weighted by Gasteiger charge is 2.32. The number of nitrogens with zero attached hydrogens (tertiary/aromatic N) is 3. The summed E-state index contributed by atoms with van der Waals surface area (Å²) < 4.78 is 28.1. The predicted molar refractivity (Wildman–Crippen MR) is 83.5 cm³/mol. The van der Waals surface area contributed by atoms with Gasteiger partial charge in [-0.15, -0.1) is 0 Å². The van der Waals surface area contributed by atoms with Gasteiger partial charge in [-0.1, -0.05) is 28.7 Å². The van der Waals surface area contributed by atoms with Gasteiger partial charge in [-0.2, -0.15) is 5.10 Å². The van der Waals surface area contributed by atoms with Crippen LogP contribution >= 0.6 is 0 Å². The molecule has 22 heavy (non-hydrogen) atoms. The fourth-order valence-corrected chi connectivity index (χ4v) is 3.76. The van der Waals surface area contributed by atoms with Gasteiger partial charge in [-0.3, -0.25) is 9.52 Å². The van der Waals surface area contributed by atoms with Crippen molar-refractivity contribution in [1.29, 1.82) is 0 Å². The van der Waals surface area contributed by atoms with Crippen molar-refractivity contribution in [3.63, 3.8) is 0 Å². The summed E-state index contributed by atoms with van der Waals surface area (Å²) in [6.45, 7) is 6.25. The molecule has 0 saturated carbocycles. The highest BCUT2D eigenvalue weighted by molar-refractivity contribution is 7.89. The van der Waals surface area contributed by atoms with Gasteiger partial charge in [0.2, 0.25) is 0 Å². The summed E-state index contributed by atoms with van der Waals surface area (Å²) >= 11 is 0. The van der Waals surface area contributed by atoms with Crippen molar-refractivity contribution in [1.82, 2.24) is 14.2 Å². The van der Waals surface area contributed by atoms with Crippen LogP contribution in [-0.4, -0.2) is 29.8 Å². The van der Waals surface area contributed by atoms with Crippen molar-refractivity contribution in [3.05, 3.63) is 47.8 Å². The second-order valence-electron chi connectivity index (χ2n) is 5.01. The molecule has 0 saturated heterocycles. The maximum atomic E-state index is 12.8. The Morgan fingerprint density at radius 3 is 2.59 bits per heavy atom. The van der Waals surface area contributed by atoms with E-state index in [1.54, 1.807) is 11.6 Å². The molecule has 0 fully saturated rings. The summed E-state index contributed by atoms with van der Waals surface area (Å²) in [5.74, 6) is 0. The summed E-state index contributed by atoms with van der Waals surface area (Å²) in [6.07, 6.45) is 2.85. The van der Waals surface area contributed by atoms with Crippen molar-refractivity contribution in [3.8, 4) is 0 Å². The predicted octanol–water partition coefficient (Wildman–Crippen LogP) is 2.52. The van der Waals surface area contributed by atoms with Gasteiger partial charge in [-0.05, 0) is 31.9 Å². The van der Waals surface area contributed by atoms with Crippen LogP contribution in [0.15, 0.2) is 41.6 Å². The van der Waals surface area contributed by atoms with Gasteiger partial charge in [0.05, 0.1) is 19.3 Å². The number of sulfonamides is 1. The molecule has 1 aromatic heterocycles. The molecule has 0 bridgehead atoms. The van der Waals surface area contributed by atoms with E-state index >= 15 is 0 Å². The minimum Gasteiger partial charge on any atom is -0.287 e. The number of rotatable bonds is 6. The molecule has 0 aliphatic rings. The van der Waals surface area contributed by atoms with Gasteiger partial charge in [0.15, 0.2) is 0 Å². The molecule has 0 aliphatic heterocycles. The topological polar surface area (TPSA) is 64.4 Å². The van der Waals surface area contributed by atoms with E-state index in [9.17, 15) is 8.42 Å². The van der Waals surface area contributed by atoms with Crippen molar-refractivity contribution in [2.24, 2.45) is 0 Å². The zero-order chi connectivity index (χ0) is 16.3. The average Bonchev–Trinajstić information content (AvgIpc) is 2.97. The quantitative estimate of drug-likeness (QED) is 0.766. The molecule has 6 nitrogen and oxygen atoms in total. The minimum atomic E-state index is -3.78. The minimum absolute atomic E-state index is 0.122. The Bertz CT molecular complexity index is 740. The molecule has 0 radical (unpaired) electrons. The summed E-state index contributed by atoms with van der Waals surface area (Å²) in [5, 5.41) is 4.02. The molecule has 0 aliphatic carbocycles. The molecule has 0 amide bonds. The maximum absolute atomic E-state index is 12.8. The normalized spacial score (nSPS) is 13.5. The Morgan fingerprint density at radius 2 is 2.05 bits per heavy atom. The van der Waals surface area contributed by atoms with Gasteiger partial charge in [0.25, 0.3) is 10.0 Å². The largest absolute Gasteiger partial charge is 0.287 e. The molecule has 1 atom stereocenters. The molecule has 120 valence electrons. The maximum Gasteiger partial charge on any atom is 0.268 e. The zero-order valence-electron chi connectivity index (χ0n) is 13.2. The molecule has 1 unspecified atom stereocenters. The van der Waals surface area contributed by atoms with Crippen LogP contribution in [0.1, 0.15) is 31.0 Å². The van der Waals surface area contributed by atoms with Crippen LogP contribution in [0.25, 0.3) is 0 Å². The number of hydrogen-bond donors (Lipinski definition) is 0. The first-order valence-electron chi connectivity index (χ1n) is 7.08. The lowest BCUT2D eigenvalue weighted by Crippen LogP contribution is -2.33. The second kappa shape index (κ2) is 6.60. The van der Waals surface area contributed by atoms with Crippen LogP contribution in [0.3, 0.4) is 0 Å². The van der Waals surface area contributed by atoms with Crippen molar-refractivity contribution in [2.45, 2.75) is 38.3 Å². The molecule has 0 N–H and O–H groups in total. The number of aryl methyl sites for hydroxylation is 2. The Balaban J connectivity index is 2.40. The van der Waals surface area contributed by atoms with Gasteiger partial charge < -0.3 is 0 Å². The van der Waals surface area contributed by atoms with Gasteiger partial charge in [-0.25, -0.2) is 8.42 Å². The Morgan fingerprint density at radius 1 is 1.36 bits per heavy atom. The number of hydrogen-bond acceptors (Lipinski definition) is 4. The standard InChI is InChI=1S/C15H21N3O3S/c1-5-17-11-14(10-16-17)22(19,20)18(21-4)13(3)15-9-7-6-8-12(15)2/h6-11,13H,5H2,1-4H3. The van der Waals surface area contributed by atoms with Crippen LogP contribution in [-0.2, 0) is 21.4 Å².